The van der Waals surface area contributed by atoms with Gasteiger partial charge in [0.15, 0.2) is 31.2 Å². The molecule has 11 atom stereocenters. The molecule has 0 spiro atoms. The molecular weight excluding hydrogens is 1070 g/mol. The molecule has 82 heavy (non-hydrogen) atoms. The zero-order chi connectivity index (χ0) is 60.9. The van der Waals surface area contributed by atoms with Gasteiger partial charge in [-0.05, 0) is 114 Å². The molecule has 1 aliphatic heterocycles. The Balaban J connectivity index is 1.39. The third-order valence-corrected chi connectivity index (χ3v) is 32.6. The van der Waals surface area contributed by atoms with Crippen molar-refractivity contribution >= 4 is 25.0 Å². The summed E-state index contributed by atoms with van der Waals surface area (Å²) in [4.78, 5) is 0. The Bertz CT molecular complexity index is 2430. The largest absolute Gasteiger partial charge is 0.497 e. The molecule has 4 aromatic carbocycles. The predicted octanol–water partition coefficient (Wildman–Crippen LogP) is 18.9. The Kier molecular flexibility index (Phi) is 25.1. The number of hydrogen-bond donors (Lipinski definition) is 1. The van der Waals surface area contributed by atoms with Crippen LogP contribution in [0.5, 0.6) is 5.75 Å². The molecule has 0 radical (unpaired) electrons. The Hall–Kier alpha value is -3.47. The summed E-state index contributed by atoms with van der Waals surface area (Å²) < 4.78 is 47.9. The van der Waals surface area contributed by atoms with Gasteiger partial charge in [0, 0.05) is 23.8 Å². The van der Waals surface area contributed by atoms with E-state index in [0.717, 1.165) is 60.1 Å². The number of unbranched alkanes of at least 4 members (excludes halogenated alkanes) is 1. The van der Waals surface area contributed by atoms with Crippen molar-refractivity contribution in [2.45, 2.75) is 226 Å². The van der Waals surface area contributed by atoms with Crippen LogP contribution in [-0.2, 0) is 33.1 Å². The van der Waals surface area contributed by atoms with E-state index in [1.165, 1.54) is 0 Å². The molecule has 8 nitrogen and oxygen atoms in total. The molecule has 1 fully saturated rings. The zero-order valence-electron chi connectivity index (χ0n) is 54.9. The number of rotatable bonds is 29. The first-order valence-electron chi connectivity index (χ1n) is 31.0. The third-order valence-electron chi connectivity index (χ3n) is 19.2. The van der Waals surface area contributed by atoms with Gasteiger partial charge in [-0.3, -0.25) is 0 Å². The van der Waals surface area contributed by atoms with Crippen LogP contribution in [0.15, 0.2) is 140 Å². The van der Waals surface area contributed by atoms with Gasteiger partial charge in [0.2, 0.25) is 0 Å². The summed E-state index contributed by atoms with van der Waals surface area (Å²) in [5, 5.41) is 11.8. The number of methoxy groups -OCH3 is 1. The molecule has 4 aromatic rings. The van der Waals surface area contributed by atoms with Crippen LogP contribution >= 0.6 is 0 Å². The molecule has 11 heteroatoms. The normalized spacial score (nSPS) is 20.3. The highest BCUT2D eigenvalue weighted by Gasteiger charge is 2.45. The summed E-state index contributed by atoms with van der Waals surface area (Å²) in [5.74, 6) is 1.41. The number of hydrogen-bond acceptors (Lipinski definition) is 8. The van der Waals surface area contributed by atoms with Gasteiger partial charge in [0.25, 0.3) is 0 Å². The summed E-state index contributed by atoms with van der Waals surface area (Å²) in [7, 11) is -5.05. The van der Waals surface area contributed by atoms with E-state index in [9.17, 15) is 5.11 Å². The summed E-state index contributed by atoms with van der Waals surface area (Å²) in [6.45, 7) is 47.6. The van der Waals surface area contributed by atoms with Crippen LogP contribution in [-0.4, -0.2) is 80.9 Å². The van der Waals surface area contributed by atoms with Crippen molar-refractivity contribution in [2.75, 3.05) is 20.3 Å². The van der Waals surface area contributed by atoms with Crippen molar-refractivity contribution in [3.05, 3.63) is 162 Å². The fourth-order valence-corrected chi connectivity index (χ4v) is 14.8. The van der Waals surface area contributed by atoms with Crippen LogP contribution in [0.25, 0.3) is 0 Å². The predicted molar refractivity (Wildman–Crippen MR) is 351 cm³/mol. The molecule has 1 N–H and O–H groups in total. The topological polar surface area (TPSA) is 84.8 Å². The molecule has 1 aliphatic rings. The molecule has 456 valence electrons. The molecule has 0 aliphatic carbocycles. The summed E-state index contributed by atoms with van der Waals surface area (Å²) in [6, 6.07) is 39.7. The van der Waals surface area contributed by atoms with Crippen molar-refractivity contribution in [1.82, 2.24) is 0 Å². The molecule has 0 amide bonds. The van der Waals surface area contributed by atoms with E-state index < -0.39 is 42.9 Å². The highest BCUT2D eigenvalue weighted by atomic mass is 28.4. The fourth-order valence-electron chi connectivity index (χ4n) is 10.6. The van der Waals surface area contributed by atoms with Crippen molar-refractivity contribution < 1.29 is 37.3 Å². The van der Waals surface area contributed by atoms with Gasteiger partial charge in [0.05, 0.1) is 50.8 Å². The molecule has 0 aromatic heterocycles. The molecule has 5 rings (SSSR count). The highest BCUT2D eigenvalue weighted by Crippen LogP contribution is 2.45. The quantitative estimate of drug-likeness (QED) is 0.0249. The van der Waals surface area contributed by atoms with Gasteiger partial charge >= 0.3 is 0 Å². The van der Waals surface area contributed by atoms with Crippen LogP contribution in [0.1, 0.15) is 158 Å². The molecular formula is C71H112O8Si3. The van der Waals surface area contributed by atoms with Crippen molar-refractivity contribution in [3.63, 3.8) is 0 Å². The second-order valence-electron chi connectivity index (χ2n) is 28.7. The van der Waals surface area contributed by atoms with Gasteiger partial charge < -0.3 is 37.3 Å². The number of benzene rings is 4. The van der Waals surface area contributed by atoms with Crippen LogP contribution in [0.4, 0.5) is 0 Å². The molecule has 0 saturated carbocycles. The number of aliphatic hydroxyl groups is 1. The second kappa shape index (κ2) is 29.8. The van der Waals surface area contributed by atoms with E-state index in [1.807, 2.05) is 24.3 Å². The maximum absolute atomic E-state index is 11.7. The van der Waals surface area contributed by atoms with Crippen LogP contribution < -0.4 is 4.74 Å². The maximum Gasteiger partial charge on any atom is 0.192 e. The van der Waals surface area contributed by atoms with Crippen molar-refractivity contribution in [3.8, 4) is 5.75 Å². The Morgan fingerprint density at radius 2 is 1.07 bits per heavy atom. The van der Waals surface area contributed by atoms with E-state index in [1.54, 1.807) is 7.11 Å². The van der Waals surface area contributed by atoms with Gasteiger partial charge in [-0.15, -0.1) is 0 Å². The highest BCUT2D eigenvalue weighted by molar-refractivity contribution is 6.75. The Morgan fingerprint density at radius 1 is 0.598 bits per heavy atom. The van der Waals surface area contributed by atoms with E-state index in [-0.39, 0.29) is 63.2 Å². The minimum absolute atomic E-state index is 0.00966. The van der Waals surface area contributed by atoms with Gasteiger partial charge in [0.1, 0.15) is 11.4 Å². The standard InChI is InChI=1S/C71H112O8Si3/c1-52(35-33-49-75-71(58-36-25-22-26-37-58,59-38-27-23-28-39-59)60-40-29-24-30-41-60)64(78-81(18,19)69(9,10)11)50-62(77-80(16,17)68(6,7)8)46-43-54(3)65(79-82(20,21)70(12,13)14)53(2)34-31-32-42-63(72)56(5)66-55(4)51-74-67(76-66)57-44-47-61(73-15)48-45-57/h22-30,33,35-41,43-48,52-56,62-67,72H,31-32,34,42,49-51H2,1-21H3/b35-33+,46-43-/t52-,53+,54+,55+,56+,62-,63-,64+,65-,66+,67?/m1/s1. The number of ether oxygens (including phenoxy) is 4. The molecule has 0 bridgehead atoms. The summed E-state index contributed by atoms with van der Waals surface area (Å²) in [5.41, 5.74) is 3.40. The fraction of sp³-hybridized carbons (Fsp3) is 0.606. The lowest BCUT2D eigenvalue weighted by atomic mass is 9.80. The minimum Gasteiger partial charge on any atom is -0.497 e. The van der Waals surface area contributed by atoms with Crippen LogP contribution in [0.3, 0.4) is 0 Å². The first kappa shape index (κ1) is 69.3. The van der Waals surface area contributed by atoms with Crippen LogP contribution in [0, 0.1) is 29.6 Å². The van der Waals surface area contributed by atoms with Crippen LogP contribution in [0.2, 0.25) is 54.4 Å². The minimum atomic E-state index is -2.27. The van der Waals surface area contributed by atoms with E-state index in [4.69, 9.17) is 32.2 Å². The first-order chi connectivity index (χ1) is 38.2. The lowest BCUT2D eigenvalue weighted by Gasteiger charge is -2.43. The monoisotopic (exact) mass is 1180 g/mol. The summed E-state index contributed by atoms with van der Waals surface area (Å²) in [6.07, 6.45) is 12.4. The smallest absolute Gasteiger partial charge is 0.192 e. The van der Waals surface area contributed by atoms with Crippen molar-refractivity contribution in [2.24, 2.45) is 29.6 Å². The lowest BCUT2D eigenvalue weighted by Crippen LogP contribution is -2.48. The first-order valence-corrected chi connectivity index (χ1v) is 39.7. The SMILES string of the molecule is COc1ccc(C2OC[C@H](C)[C@@H]([C@@H](C)[C@H](O)CCCC[C@H](C)[C@@H](O[Si](C)(C)C(C)(C)C)[C@@H](C)/C=C\[C@H](C[C@H](O[Si](C)(C)C(C)(C)C)[C@H](C)/C=C/COC(c3ccccc3)(c3ccccc3)c3ccccc3)O[Si](C)(C)C(C)(C)C)O2)cc1. The Labute approximate surface area is 502 Å². The average Bonchev–Trinajstić information content (AvgIpc) is 3.58. The molecule has 1 saturated heterocycles. The van der Waals surface area contributed by atoms with Gasteiger partial charge in [-0.25, -0.2) is 0 Å². The maximum atomic E-state index is 11.7. The number of aliphatic hydroxyl groups excluding tert-OH is 1. The van der Waals surface area contributed by atoms with Gasteiger partial charge in [-0.2, -0.15) is 0 Å². The zero-order valence-corrected chi connectivity index (χ0v) is 57.9. The van der Waals surface area contributed by atoms with E-state index in [0.29, 0.717) is 19.1 Å². The summed E-state index contributed by atoms with van der Waals surface area (Å²) >= 11 is 0. The van der Waals surface area contributed by atoms with E-state index in [2.05, 4.69) is 252 Å². The molecule has 1 unspecified atom stereocenters. The van der Waals surface area contributed by atoms with Gasteiger partial charge in [-0.1, -0.05) is 237 Å². The Morgan fingerprint density at radius 3 is 1.56 bits per heavy atom. The third kappa shape index (κ3) is 18.5. The average molecular weight is 1180 g/mol. The second-order valence-corrected chi connectivity index (χ2v) is 43.0. The van der Waals surface area contributed by atoms with Crippen molar-refractivity contribution in [1.29, 1.82) is 0 Å². The lowest BCUT2D eigenvalue weighted by molar-refractivity contribution is -0.256. The van der Waals surface area contributed by atoms with E-state index >= 15 is 0 Å². The molecule has 1 heterocycles.